The van der Waals surface area contributed by atoms with Crippen LogP contribution in [0.25, 0.3) is 0 Å². The average Bonchev–Trinajstić information content (AvgIpc) is 2.73. The molecular weight excluding hydrogens is 244 g/mol. The molecular formula is C18H28N2. The SMILES string of the molecule is C=CCC1(N)c2ccccc2CC1N(CCC)CCC. The summed E-state index contributed by atoms with van der Waals surface area (Å²) in [5, 5.41) is 0. The van der Waals surface area contributed by atoms with Crippen LogP contribution in [0.15, 0.2) is 36.9 Å². The number of benzene rings is 1. The maximum Gasteiger partial charge on any atom is 0.0608 e. The quantitative estimate of drug-likeness (QED) is 0.770. The van der Waals surface area contributed by atoms with E-state index in [1.54, 1.807) is 0 Å². The Hall–Kier alpha value is -1.12. The summed E-state index contributed by atoms with van der Waals surface area (Å²) in [6.07, 6.45) is 6.25. The number of fused-ring (bicyclic) bond motifs is 1. The third-order valence-corrected chi connectivity index (χ3v) is 4.47. The Morgan fingerprint density at radius 2 is 1.95 bits per heavy atom. The molecule has 1 aliphatic carbocycles. The minimum absolute atomic E-state index is 0.275. The monoisotopic (exact) mass is 272 g/mol. The summed E-state index contributed by atoms with van der Waals surface area (Å²) in [6.45, 7) is 10.7. The molecule has 2 heteroatoms. The number of hydrogen-bond donors (Lipinski definition) is 1. The van der Waals surface area contributed by atoms with Gasteiger partial charge in [-0.1, -0.05) is 44.2 Å². The van der Waals surface area contributed by atoms with Gasteiger partial charge in [-0.15, -0.1) is 6.58 Å². The molecule has 0 saturated carbocycles. The fourth-order valence-corrected chi connectivity index (χ4v) is 3.66. The van der Waals surface area contributed by atoms with E-state index in [0.717, 1.165) is 25.9 Å². The molecule has 0 heterocycles. The first-order chi connectivity index (χ1) is 9.67. The highest BCUT2D eigenvalue weighted by atomic mass is 15.2. The fourth-order valence-electron chi connectivity index (χ4n) is 3.66. The molecule has 20 heavy (non-hydrogen) atoms. The number of nitrogens with zero attached hydrogens (tertiary/aromatic N) is 1. The summed E-state index contributed by atoms with van der Waals surface area (Å²) in [5.41, 5.74) is 9.34. The lowest BCUT2D eigenvalue weighted by atomic mass is 9.85. The summed E-state index contributed by atoms with van der Waals surface area (Å²) in [5.74, 6) is 0. The van der Waals surface area contributed by atoms with Crippen molar-refractivity contribution in [2.75, 3.05) is 13.1 Å². The Kier molecular flexibility index (Phi) is 5.00. The van der Waals surface area contributed by atoms with Gasteiger partial charge in [0, 0.05) is 6.04 Å². The van der Waals surface area contributed by atoms with Crippen molar-refractivity contribution in [3.8, 4) is 0 Å². The zero-order valence-electron chi connectivity index (χ0n) is 12.9. The smallest absolute Gasteiger partial charge is 0.0608 e. The molecule has 2 unspecified atom stereocenters. The number of nitrogens with two attached hydrogens (primary N) is 1. The van der Waals surface area contributed by atoms with E-state index in [1.807, 2.05) is 6.08 Å². The molecule has 2 nitrogen and oxygen atoms in total. The van der Waals surface area contributed by atoms with Gasteiger partial charge in [-0.2, -0.15) is 0 Å². The van der Waals surface area contributed by atoms with Crippen molar-refractivity contribution in [1.82, 2.24) is 4.90 Å². The minimum atomic E-state index is -0.275. The topological polar surface area (TPSA) is 29.3 Å². The Labute approximate surface area is 123 Å². The van der Waals surface area contributed by atoms with Crippen molar-refractivity contribution in [1.29, 1.82) is 0 Å². The van der Waals surface area contributed by atoms with E-state index in [9.17, 15) is 0 Å². The predicted octanol–water partition coefficient (Wildman–Crippen LogP) is 3.46. The molecule has 0 fully saturated rings. The molecule has 1 aromatic carbocycles. The summed E-state index contributed by atoms with van der Waals surface area (Å²) < 4.78 is 0. The molecule has 2 atom stereocenters. The average molecular weight is 272 g/mol. The highest BCUT2D eigenvalue weighted by molar-refractivity contribution is 5.42. The lowest BCUT2D eigenvalue weighted by Crippen LogP contribution is -2.54. The van der Waals surface area contributed by atoms with E-state index >= 15 is 0 Å². The molecule has 0 bridgehead atoms. The maximum atomic E-state index is 6.87. The molecule has 2 rings (SSSR count). The van der Waals surface area contributed by atoms with Crippen LogP contribution in [0, 0.1) is 0 Å². The standard InChI is InChI=1S/C18H28N2/c1-4-11-18(19)16-10-8-7-9-15(16)14-17(18)20(12-5-2)13-6-3/h4,7-10,17H,1,5-6,11-14,19H2,2-3H3. The molecule has 2 N–H and O–H groups in total. The van der Waals surface area contributed by atoms with Crippen LogP contribution < -0.4 is 5.73 Å². The Morgan fingerprint density at radius 1 is 1.30 bits per heavy atom. The van der Waals surface area contributed by atoms with Crippen molar-refractivity contribution < 1.29 is 0 Å². The molecule has 0 aromatic heterocycles. The third-order valence-electron chi connectivity index (χ3n) is 4.47. The number of rotatable bonds is 7. The van der Waals surface area contributed by atoms with Crippen molar-refractivity contribution in [3.63, 3.8) is 0 Å². The van der Waals surface area contributed by atoms with Gasteiger partial charge < -0.3 is 5.73 Å². The van der Waals surface area contributed by atoms with E-state index in [-0.39, 0.29) is 5.54 Å². The summed E-state index contributed by atoms with van der Waals surface area (Å²) in [6, 6.07) is 9.07. The van der Waals surface area contributed by atoms with Crippen LogP contribution in [0.1, 0.15) is 44.2 Å². The van der Waals surface area contributed by atoms with Gasteiger partial charge in [0.15, 0.2) is 0 Å². The second-order valence-corrected chi connectivity index (χ2v) is 5.95. The Morgan fingerprint density at radius 3 is 2.55 bits per heavy atom. The van der Waals surface area contributed by atoms with Crippen molar-refractivity contribution in [2.24, 2.45) is 5.73 Å². The van der Waals surface area contributed by atoms with Gasteiger partial charge in [0.05, 0.1) is 5.54 Å². The van der Waals surface area contributed by atoms with Crippen LogP contribution in [-0.4, -0.2) is 24.0 Å². The normalized spacial score (nSPS) is 24.9. The fraction of sp³-hybridized carbons (Fsp3) is 0.556. The maximum absolute atomic E-state index is 6.87. The highest BCUT2D eigenvalue weighted by Gasteiger charge is 2.45. The van der Waals surface area contributed by atoms with Gasteiger partial charge in [-0.05, 0) is 49.9 Å². The van der Waals surface area contributed by atoms with E-state index in [1.165, 1.54) is 24.0 Å². The van der Waals surface area contributed by atoms with Crippen LogP contribution in [0.4, 0.5) is 0 Å². The van der Waals surface area contributed by atoms with E-state index in [4.69, 9.17) is 5.73 Å². The molecule has 1 aromatic rings. The van der Waals surface area contributed by atoms with Gasteiger partial charge in [-0.3, -0.25) is 4.90 Å². The summed E-state index contributed by atoms with van der Waals surface area (Å²) in [4.78, 5) is 2.59. The third kappa shape index (κ3) is 2.68. The van der Waals surface area contributed by atoms with Crippen molar-refractivity contribution in [3.05, 3.63) is 48.0 Å². The molecule has 0 aliphatic heterocycles. The zero-order chi connectivity index (χ0) is 14.6. The Bertz CT molecular complexity index is 448. The first-order valence-electron chi connectivity index (χ1n) is 7.89. The second-order valence-electron chi connectivity index (χ2n) is 5.95. The molecule has 110 valence electrons. The molecule has 1 aliphatic rings. The molecule has 0 radical (unpaired) electrons. The van der Waals surface area contributed by atoms with Crippen LogP contribution in [0.2, 0.25) is 0 Å². The van der Waals surface area contributed by atoms with Crippen LogP contribution in [0.3, 0.4) is 0 Å². The summed E-state index contributed by atoms with van der Waals surface area (Å²) >= 11 is 0. The number of hydrogen-bond acceptors (Lipinski definition) is 2. The van der Waals surface area contributed by atoms with Gasteiger partial charge in [0.25, 0.3) is 0 Å². The van der Waals surface area contributed by atoms with Gasteiger partial charge in [0.1, 0.15) is 0 Å². The van der Waals surface area contributed by atoms with Crippen LogP contribution in [0.5, 0.6) is 0 Å². The van der Waals surface area contributed by atoms with Gasteiger partial charge >= 0.3 is 0 Å². The molecule has 0 amide bonds. The predicted molar refractivity (Wildman–Crippen MR) is 86.8 cm³/mol. The first-order valence-corrected chi connectivity index (χ1v) is 7.89. The zero-order valence-corrected chi connectivity index (χ0v) is 12.9. The second kappa shape index (κ2) is 6.55. The van der Waals surface area contributed by atoms with E-state index in [0.29, 0.717) is 6.04 Å². The van der Waals surface area contributed by atoms with E-state index in [2.05, 4.69) is 49.6 Å². The van der Waals surface area contributed by atoms with Crippen molar-refractivity contribution in [2.45, 2.75) is 51.1 Å². The molecule has 0 spiro atoms. The van der Waals surface area contributed by atoms with Gasteiger partial charge in [0.2, 0.25) is 0 Å². The van der Waals surface area contributed by atoms with E-state index < -0.39 is 0 Å². The van der Waals surface area contributed by atoms with Crippen LogP contribution in [-0.2, 0) is 12.0 Å². The first kappa shape index (κ1) is 15.3. The largest absolute Gasteiger partial charge is 0.320 e. The van der Waals surface area contributed by atoms with Crippen molar-refractivity contribution >= 4 is 0 Å². The molecule has 0 saturated heterocycles. The Balaban J connectivity index is 2.35. The van der Waals surface area contributed by atoms with Crippen LogP contribution >= 0.6 is 0 Å². The summed E-state index contributed by atoms with van der Waals surface area (Å²) in [7, 11) is 0. The lowest BCUT2D eigenvalue weighted by molar-refractivity contribution is 0.131. The highest BCUT2D eigenvalue weighted by Crippen LogP contribution is 2.40. The minimum Gasteiger partial charge on any atom is -0.320 e. The van der Waals surface area contributed by atoms with Gasteiger partial charge in [-0.25, -0.2) is 0 Å². The lowest BCUT2D eigenvalue weighted by Gasteiger charge is -2.39.